The standard InChI is InChI=1S/C15H17N5O2S/c1-9(2)16-12(21)7-8-19-13(22)10-5-3-4-6-11(10)20-14(19)17-18-15(20)23/h3-6,9H,7-8H2,1-2H3,(H,16,21)(H,18,23). The average molecular weight is 331 g/mol. The molecule has 0 saturated heterocycles. The molecule has 8 heteroatoms. The molecule has 0 bridgehead atoms. The van der Waals surface area contributed by atoms with E-state index < -0.39 is 0 Å². The van der Waals surface area contributed by atoms with E-state index in [0.717, 1.165) is 0 Å². The van der Waals surface area contributed by atoms with Crippen LogP contribution < -0.4 is 10.9 Å². The van der Waals surface area contributed by atoms with Crippen molar-refractivity contribution < 1.29 is 4.79 Å². The zero-order valence-electron chi connectivity index (χ0n) is 12.9. The van der Waals surface area contributed by atoms with Gasteiger partial charge in [0.2, 0.25) is 16.5 Å². The fourth-order valence-corrected chi connectivity index (χ4v) is 2.81. The molecule has 0 spiro atoms. The summed E-state index contributed by atoms with van der Waals surface area (Å²) in [4.78, 5) is 24.6. The van der Waals surface area contributed by atoms with Crippen LogP contribution in [0.2, 0.25) is 0 Å². The normalized spacial score (nSPS) is 11.4. The number of carbonyl (C=O) groups excluding carboxylic acids is 1. The van der Waals surface area contributed by atoms with Crippen LogP contribution >= 0.6 is 12.2 Å². The Morgan fingerprint density at radius 2 is 2.13 bits per heavy atom. The van der Waals surface area contributed by atoms with Gasteiger partial charge < -0.3 is 5.32 Å². The number of aromatic nitrogens is 4. The molecule has 0 atom stereocenters. The summed E-state index contributed by atoms with van der Waals surface area (Å²) in [5.74, 6) is 0.309. The minimum atomic E-state index is -0.181. The number of rotatable bonds is 4. The quantitative estimate of drug-likeness (QED) is 0.712. The van der Waals surface area contributed by atoms with Crippen molar-refractivity contribution in [1.29, 1.82) is 0 Å². The Morgan fingerprint density at radius 3 is 2.87 bits per heavy atom. The van der Waals surface area contributed by atoms with Crippen molar-refractivity contribution >= 4 is 34.8 Å². The molecule has 3 rings (SSSR count). The summed E-state index contributed by atoms with van der Waals surface area (Å²) >= 11 is 5.26. The smallest absolute Gasteiger partial charge is 0.262 e. The number of amides is 1. The summed E-state index contributed by atoms with van der Waals surface area (Å²) in [5, 5.41) is 10.2. The van der Waals surface area contributed by atoms with Gasteiger partial charge in [-0.2, -0.15) is 0 Å². The Balaban J connectivity index is 2.12. The molecule has 120 valence electrons. The van der Waals surface area contributed by atoms with Crippen LogP contribution in [0.1, 0.15) is 20.3 Å². The first kappa shape index (κ1) is 15.4. The minimum Gasteiger partial charge on any atom is -0.354 e. The van der Waals surface area contributed by atoms with Crippen LogP contribution in [0.4, 0.5) is 0 Å². The molecular formula is C15H17N5O2S. The maximum absolute atomic E-state index is 12.7. The summed E-state index contributed by atoms with van der Waals surface area (Å²) in [6.45, 7) is 4.03. The highest BCUT2D eigenvalue weighted by atomic mass is 32.1. The van der Waals surface area contributed by atoms with Gasteiger partial charge in [0.15, 0.2) is 0 Å². The third kappa shape index (κ3) is 2.77. The maximum atomic E-state index is 12.7. The molecular weight excluding hydrogens is 314 g/mol. The lowest BCUT2D eigenvalue weighted by Crippen LogP contribution is -2.32. The van der Waals surface area contributed by atoms with E-state index >= 15 is 0 Å². The summed E-state index contributed by atoms with van der Waals surface area (Å²) in [5.41, 5.74) is 0.522. The van der Waals surface area contributed by atoms with Crippen LogP contribution in [-0.2, 0) is 11.3 Å². The highest BCUT2D eigenvalue weighted by molar-refractivity contribution is 7.71. The second-order valence-electron chi connectivity index (χ2n) is 5.61. The SMILES string of the molecule is CC(C)NC(=O)CCn1c(=O)c2ccccc2n2c(=S)[nH]nc12. The van der Waals surface area contributed by atoms with Crippen LogP contribution in [0.5, 0.6) is 0 Å². The first-order valence-electron chi connectivity index (χ1n) is 7.37. The molecule has 23 heavy (non-hydrogen) atoms. The Kier molecular flexibility index (Phi) is 3.99. The van der Waals surface area contributed by atoms with Gasteiger partial charge in [-0.25, -0.2) is 5.10 Å². The Hall–Kier alpha value is -2.48. The van der Waals surface area contributed by atoms with E-state index in [1.165, 1.54) is 4.57 Å². The number of hydrogen-bond donors (Lipinski definition) is 2. The van der Waals surface area contributed by atoms with E-state index in [0.29, 0.717) is 21.5 Å². The predicted octanol–water partition coefficient (Wildman–Crippen LogP) is 1.62. The van der Waals surface area contributed by atoms with Crippen molar-refractivity contribution in [3.05, 3.63) is 39.4 Å². The second-order valence-corrected chi connectivity index (χ2v) is 6.00. The summed E-state index contributed by atoms with van der Waals surface area (Å²) < 4.78 is 3.61. The van der Waals surface area contributed by atoms with Gasteiger partial charge in [0.1, 0.15) is 0 Å². The van der Waals surface area contributed by atoms with E-state index in [1.54, 1.807) is 16.5 Å². The lowest BCUT2D eigenvalue weighted by Gasteiger charge is -2.11. The van der Waals surface area contributed by atoms with E-state index in [9.17, 15) is 9.59 Å². The number of aryl methyl sites for hydroxylation is 1. The summed E-state index contributed by atoms with van der Waals surface area (Å²) in [6, 6.07) is 7.28. The zero-order chi connectivity index (χ0) is 16.6. The van der Waals surface area contributed by atoms with Crippen molar-refractivity contribution in [3.63, 3.8) is 0 Å². The van der Waals surface area contributed by atoms with Crippen molar-refractivity contribution in [2.75, 3.05) is 0 Å². The number of H-pyrrole nitrogens is 1. The summed E-state index contributed by atoms with van der Waals surface area (Å²) in [6.07, 6.45) is 0.200. The van der Waals surface area contributed by atoms with E-state index in [-0.39, 0.29) is 30.5 Å². The van der Waals surface area contributed by atoms with Gasteiger partial charge in [-0.05, 0) is 38.2 Å². The Labute approximate surface area is 136 Å². The Morgan fingerprint density at radius 1 is 1.39 bits per heavy atom. The number of benzene rings is 1. The number of para-hydroxylation sites is 1. The average Bonchev–Trinajstić information content (AvgIpc) is 2.88. The van der Waals surface area contributed by atoms with Gasteiger partial charge in [0.05, 0.1) is 10.9 Å². The third-order valence-electron chi connectivity index (χ3n) is 3.53. The lowest BCUT2D eigenvalue weighted by molar-refractivity contribution is -0.121. The largest absolute Gasteiger partial charge is 0.354 e. The molecule has 2 aromatic heterocycles. The highest BCUT2D eigenvalue weighted by Crippen LogP contribution is 2.13. The maximum Gasteiger partial charge on any atom is 0.262 e. The molecule has 1 aromatic carbocycles. The Bertz CT molecular complexity index is 998. The van der Waals surface area contributed by atoms with Crippen molar-refractivity contribution in [2.45, 2.75) is 32.9 Å². The van der Waals surface area contributed by atoms with Gasteiger partial charge in [-0.3, -0.25) is 18.6 Å². The minimum absolute atomic E-state index is 0.0647. The molecule has 0 unspecified atom stereocenters. The molecule has 0 fully saturated rings. The topological polar surface area (TPSA) is 84.2 Å². The van der Waals surface area contributed by atoms with Crippen molar-refractivity contribution in [3.8, 4) is 0 Å². The molecule has 2 heterocycles. The van der Waals surface area contributed by atoms with E-state index in [1.807, 2.05) is 26.0 Å². The van der Waals surface area contributed by atoms with Crippen molar-refractivity contribution in [1.82, 2.24) is 24.5 Å². The molecule has 7 nitrogen and oxygen atoms in total. The fraction of sp³-hybridized carbons (Fsp3) is 0.333. The van der Waals surface area contributed by atoms with E-state index in [4.69, 9.17) is 12.2 Å². The van der Waals surface area contributed by atoms with Crippen LogP contribution in [0, 0.1) is 4.77 Å². The predicted molar refractivity (Wildman–Crippen MR) is 90.0 cm³/mol. The first-order valence-corrected chi connectivity index (χ1v) is 7.78. The molecule has 0 aliphatic heterocycles. The van der Waals surface area contributed by atoms with Gasteiger partial charge in [-0.1, -0.05) is 12.1 Å². The van der Waals surface area contributed by atoms with Crippen LogP contribution in [0.25, 0.3) is 16.7 Å². The van der Waals surface area contributed by atoms with Gasteiger partial charge in [0.25, 0.3) is 5.56 Å². The van der Waals surface area contributed by atoms with Gasteiger partial charge in [0, 0.05) is 19.0 Å². The van der Waals surface area contributed by atoms with Gasteiger partial charge >= 0.3 is 0 Å². The monoisotopic (exact) mass is 331 g/mol. The molecule has 0 aliphatic carbocycles. The van der Waals surface area contributed by atoms with Gasteiger partial charge in [-0.15, -0.1) is 5.10 Å². The lowest BCUT2D eigenvalue weighted by atomic mass is 10.2. The van der Waals surface area contributed by atoms with Crippen molar-refractivity contribution in [2.24, 2.45) is 0 Å². The number of carbonyl (C=O) groups is 1. The number of nitrogens with zero attached hydrogens (tertiary/aromatic N) is 3. The molecule has 0 aliphatic rings. The number of nitrogens with one attached hydrogen (secondary N) is 2. The molecule has 0 radical (unpaired) electrons. The van der Waals surface area contributed by atoms with E-state index in [2.05, 4.69) is 15.5 Å². The molecule has 0 saturated carbocycles. The van der Waals surface area contributed by atoms with Crippen LogP contribution in [0.3, 0.4) is 0 Å². The van der Waals surface area contributed by atoms with Crippen LogP contribution in [0.15, 0.2) is 29.1 Å². The molecule has 2 N–H and O–H groups in total. The summed E-state index contributed by atoms with van der Waals surface area (Å²) in [7, 11) is 0. The number of fused-ring (bicyclic) bond motifs is 3. The number of aromatic amines is 1. The molecule has 3 aromatic rings. The second kappa shape index (κ2) is 5.96. The first-order chi connectivity index (χ1) is 11.0. The number of hydrogen-bond acceptors (Lipinski definition) is 4. The highest BCUT2D eigenvalue weighted by Gasteiger charge is 2.14. The fourth-order valence-electron chi connectivity index (χ4n) is 2.58. The van der Waals surface area contributed by atoms with Crippen LogP contribution in [-0.4, -0.2) is 31.1 Å². The third-order valence-corrected chi connectivity index (χ3v) is 3.80. The zero-order valence-corrected chi connectivity index (χ0v) is 13.7. The molecule has 1 amide bonds.